The summed E-state index contributed by atoms with van der Waals surface area (Å²) >= 11 is 3.37. The Kier molecular flexibility index (Phi) is 2.36. The lowest BCUT2D eigenvalue weighted by Crippen LogP contribution is -2.19. The molecule has 2 amide bonds. The van der Waals surface area contributed by atoms with Crippen LogP contribution >= 0.6 is 15.9 Å². The van der Waals surface area contributed by atoms with Crippen LogP contribution in [0.15, 0.2) is 22.7 Å². The molecule has 0 saturated heterocycles. The quantitative estimate of drug-likeness (QED) is 0.828. The number of carbonyl (C=O) groups is 1. The number of nitrogens with one attached hydrogen (secondary N) is 1. The third-order valence-electron chi connectivity index (χ3n) is 2.06. The van der Waals surface area contributed by atoms with Gasteiger partial charge in [-0.2, -0.15) is 5.10 Å². The summed E-state index contributed by atoms with van der Waals surface area (Å²) in [5.41, 5.74) is 5.97. The molecule has 0 aliphatic carbocycles. The fraction of sp³-hybridized carbons (Fsp3) is 0.111. The van der Waals surface area contributed by atoms with Gasteiger partial charge in [0.2, 0.25) is 0 Å². The first-order chi connectivity index (χ1) is 7.08. The van der Waals surface area contributed by atoms with Gasteiger partial charge in [-0.15, -0.1) is 0 Å². The highest BCUT2D eigenvalue weighted by atomic mass is 79.9. The number of rotatable bonds is 1. The Morgan fingerprint density at radius 1 is 1.60 bits per heavy atom. The Hall–Kier alpha value is -1.56. The second-order valence-electron chi connectivity index (χ2n) is 3.12. The van der Waals surface area contributed by atoms with Gasteiger partial charge in [0, 0.05) is 16.9 Å². The molecule has 1 aromatic carbocycles. The summed E-state index contributed by atoms with van der Waals surface area (Å²) in [4.78, 5) is 10.7. The minimum Gasteiger partial charge on any atom is -0.351 e. The van der Waals surface area contributed by atoms with E-state index >= 15 is 0 Å². The van der Waals surface area contributed by atoms with Crippen molar-refractivity contribution in [3.8, 4) is 0 Å². The van der Waals surface area contributed by atoms with Crippen LogP contribution in [0.5, 0.6) is 0 Å². The number of primary amides is 1. The summed E-state index contributed by atoms with van der Waals surface area (Å²) in [5.74, 6) is 0.479. The molecule has 0 fully saturated rings. The zero-order valence-electron chi connectivity index (χ0n) is 7.99. The molecule has 1 heterocycles. The standard InChI is InChI=1S/C9H9BrN4O/c1-14-7-4-5(10)2-3-6(7)8(13-14)12-9(11)15/h2-4H,1H3,(H3,11,12,13,15). The van der Waals surface area contributed by atoms with Gasteiger partial charge in [-0.1, -0.05) is 15.9 Å². The van der Waals surface area contributed by atoms with Crippen LogP contribution in [0, 0.1) is 0 Å². The number of amides is 2. The molecule has 1 aromatic heterocycles. The number of nitrogens with zero attached hydrogens (tertiary/aromatic N) is 2. The number of hydrogen-bond acceptors (Lipinski definition) is 2. The maximum Gasteiger partial charge on any atom is 0.317 e. The highest BCUT2D eigenvalue weighted by molar-refractivity contribution is 9.10. The van der Waals surface area contributed by atoms with Crippen molar-refractivity contribution in [3.63, 3.8) is 0 Å². The van der Waals surface area contributed by atoms with Crippen molar-refractivity contribution in [3.05, 3.63) is 22.7 Å². The number of carbonyl (C=O) groups excluding carboxylic acids is 1. The summed E-state index contributed by atoms with van der Waals surface area (Å²) in [7, 11) is 1.81. The average Bonchev–Trinajstić information content (AvgIpc) is 2.42. The number of urea groups is 1. The molecule has 0 saturated carbocycles. The summed E-state index contributed by atoms with van der Waals surface area (Å²) in [5, 5.41) is 7.50. The van der Waals surface area contributed by atoms with Crippen molar-refractivity contribution < 1.29 is 4.79 Å². The molecule has 0 aliphatic heterocycles. The maximum absolute atomic E-state index is 10.7. The Balaban J connectivity index is 2.62. The van der Waals surface area contributed by atoms with E-state index in [9.17, 15) is 4.79 Å². The molecule has 0 unspecified atom stereocenters. The molecule has 0 spiro atoms. The second kappa shape index (κ2) is 3.54. The number of nitrogens with two attached hydrogens (primary N) is 1. The molecule has 0 bridgehead atoms. The Bertz CT molecular complexity index is 534. The number of halogens is 1. The molecular formula is C9H9BrN4O. The molecule has 0 atom stereocenters. The van der Waals surface area contributed by atoms with Crippen LogP contribution in [0.25, 0.3) is 10.9 Å². The van der Waals surface area contributed by atoms with Gasteiger partial charge in [-0.05, 0) is 18.2 Å². The van der Waals surface area contributed by atoms with Crippen molar-refractivity contribution in [2.75, 3.05) is 5.32 Å². The van der Waals surface area contributed by atoms with Crippen LogP contribution in [0.1, 0.15) is 0 Å². The van der Waals surface area contributed by atoms with E-state index in [-0.39, 0.29) is 0 Å². The smallest absolute Gasteiger partial charge is 0.317 e. The predicted molar refractivity (Wildman–Crippen MR) is 61.6 cm³/mol. The first-order valence-corrected chi connectivity index (χ1v) is 5.06. The third kappa shape index (κ3) is 1.80. The largest absolute Gasteiger partial charge is 0.351 e. The van der Waals surface area contributed by atoms with E-state index < -0.39 is 6.03 Å². The van der Waals surface area contributed by atoms with Crippen LogP contribution < -0.4 is 11.1 Å². The number of aryl methyl sites for hydroxylation is 1. The van der Waals surface area contributed by atoms with Gasteiger partial charge in [0.15, 0.2) is 5.82 Å². The van der Waals surface area contributed by atoms with Crippen LogP contribution in [0.3, 0.4) is 0 Å². The maximum atomic E-state index is 10.7. The fourth-order valence-corrected chi connectivity index (χ4v) is 1.79. The van der Waals surface area contributed by atoms with E-state index in [0.29, 0.717) is 5.82 Å². The molecule has 78 valence electrons. The second-order valence-corrected chi connectivity index (χ2v) is 4.04. The fourth-order valence-electron chi connectivity index (χ4n) is 1.44. The van der Waals surface area contributed by atoms with E-state index in [1.807, 2.05) is 18.2 Å². The normalized spacial score (nSPS) is 10.5. The van der Waals surface area contributed by atoms with Crippen LogP contribution in [-0.4, -0.2) is 15.8 Å². The van der Waals surface area contributed by atoms with Crippen molar-refractivity contribution in [2.24, 2.45) is 12.8 Å². The van der Waals surface area contributed by atoms with Crippen molar-refractivity contribution >= 4 is 38.7 Å². The lowest BCUT2D eigenvalue weighted by atomic mass is 10.2. The van der Waals surface area contributed by atoms with Crippen molar-refractivity contribution in [1.82, 2.24) is 9.78 Å². The van der Waals surface area contributed by atoms with Gasteiger partial charge in [-0.25, -0.2) is 4.79 Å². The number of anilines is 1. The summed E-state index contributed by atoms with van der Waals surface area (Å²) in [6.07, 6.45) is 0. The van der Waals surface area contributed by atoms with Crippen LogP contribution in [0.2, 0.25) is 0 Å². The minimum absolute atomic E-state index is 0.479. The van der Waals surface area contributed by atoms with Gasteiger partial charge in [0.25, 0.3) is 0 Å². The summed E-state index contributed by atoms with van der Waals surface area (Å²) < 4.78 is 2.65. The summed E-state index contributed by atoms with van der Waals surface area (Å²) in [6.45, 7) is 0. The molecule has 0 radical (unpaired) electrons. The first-order valence-electron chi connectivity index (χ1n) is 4.26. The highest BCUT2D eigenvalue weighted by Crippen LogP contribution is 2.25. The molecule has 2 aromatic rings. The van der Waals surface area contributed by atoms with Gasteiger partial charge in [-0.3, -0.25) is 10.00 Å². The molecule has 0 aliphatic rings. The Labute approximate surface area is 94.4 Å². The molecule has 15 heavy (non-hydrogen) atoms. The van der Waals surface area contributed by atoms with Crippen LogP contribution in [0.4, 0.5) is 10.6 Å². The SMILES string of the molecule is Cn1nc(NC(N)=O)c2ccc(Br)cc21. The lowest BCUT2D eigenvalue weighted by Gasteiger charge is -1.96. The first kappa shape index (κ1) is 9.97. The number of hydrogen-bond donors (Lipinski definition) is 2. The van der Waals surface area contributed by atoms with E-state index in [4.69, 9.17) is 5.73 Å². The van der Waals surface area contributed by atoms with Crippen molar-refractivity contribution in [1.29, 1.82) is 0 Å². The lowest BCUT2D eigenvalue weighted by molar-refractivity contribution is 0.259. The van der Waals surface area contributed by atoms with E-state index in [2.05, 4.69) is 26.3 Å². The van der Waals surface area contributed by atoms with Gasteiger partial charge < -0.3 is 5.73 Å². The zero-order chi connectivity index (χ0) is 11.0. The third-order valence-corrected chi connectivity index (χ3v) is 2.55. The summed E-state index contributed by atoms with van der Waals surface area (Å²) in [6, 6.07) is 5.07. The molecule has 3 N–H and O–H groups in total. The Morgan fingerprint density at radius 2 is 2.33 bits per heavy atom. The van der Waals surface area contributed by atoms with E-state index in [1.165, 1.54) is 0 Å². The topological polar surface area (TPSA) is 72.9 Å². The van der Waals surface area contributed by atoms with Gasteiger partial charge in [0.1, 0.15) is 0 Å². The molecule has 6 heteroatoms. The minimum atomic E-state index is -0.613. The van der Waals surface area contributed by atoms with E-state index in [0.717, 1.165) is 15.4 Å². The highest BCUT2D eigenvalue weighted by Gasteiger charge is 2.09. The molecule has 5 nitrogen and oxygen atoms in total. The monoisotopic (exact) mass is 268 g/mol. The van der Waals surface area contributed by atoms with Gasteiger partial charge >= 0.3 is 6.03 Å². The zero-order valence-corrected chi connectivity index (χ0v) is 9.58. The van der Waals surface area contributed by atoms with Crippen molar-refractivity contribution in [2.45, 2.75) is 0 Å². The molecular weight excluding hydrogens is 260 g/mol. The van der Waals surface area contributed by atoms with Gasteiger partial charge in [0.05, 0.1) is 5.52 Å². The number of fused-ring (bicyclic) bond motifs is 1. The number of aromatic nitrogens is 2. The van der Waals surface area contributed by atoms with E-state index in [1.54, 1.807) is 11.7 Å². The van der Waals surface area contributed by atoms with Crippen LogP contribution in [-0.2, 0) is 7.05 Å². The predicted octanol–water partition coefficient (Wildman–Crippen LogP) is 1.83. The average molecular weight is 269 g/mol. The number of benzene rings is 1. The molecule has 2 rings (SSSR count). The Morgan fingerprint density at radius 3 is 3.00 bits per heavy atom.